The first-order valence-corrected chi connectivity index (χ1v) is 10.1. The van der Waals surface area contributed by atoms with Crippen molar-refractivity contribution in [2.24, 2.45) is 5.41 Å². The fourth-order valence-corrected chi connectivity index (χ4v) is 5.65. The molecule has 27 heavy (non-hydrogen) atoms. The minimum absolute atomic E-state index is 0.551. The molecule has 0 bridgehead atoms. The van der Waals surface area contributed by atoms with Gasteiger partial charge in [0.2, 0.25) is 0 Å². The van der Waals surface area contributed by atoms with E-state index in [-0.39, 0.29) is 0 Å². The Hall–Kier alpha value is -2.45. The molecular formula is C19H21N7S. The third-order valence-electron chi connectivity index (χ3n) is 5.71. The molecule has 0 aromatic carbocycles. The van der Waals surface area contributed by atoms with Gasteiger partial charge < -0.3 is 9.80 Å². The third kappa shape index (κ3) is 2.26. The molecule has 0 saturated carbocycles. The van der Waals surface area contributed by atoms with Gasteiger partial charge in [-0.25, -0.2) is 14.2 Å². The molecule has 2 aliphatic heterocycles. The summed E-state index contributed by atoms with van der Waals surface area (Å²) in [6.07, 6.45) is 4.04. The van der Waals surface area contributed by atoms with Crippen molar-refractivity contribution in [3.05, 3.63) is 35.8 Å². The third-order valence-corrected chi connectivity index (χ3v) is 6.83. The predicted octanol–water partition coefficient (Wildman–Crippen LogP) is 2.50. The molecule has 0 atom stereocenters. The van der Waals surface area contributed by atoms with E-state index in [9.17, 15) is 0 Å². The first-order valence-electron chi connectivity index (χ1n) is 9.25. The molecule has 2 aliphatic rings. The van der Waals surface area contributed by atoms with E-state index in [2.05, 4.69) is 46.1 Å². The van der Waals surface area contributed by atoms with Crippen molar-refractivity contribution in [2.45, 2.75) is 13.8 Å². The zero-order valence-electron chi connectivity index (χ0n) is 15.7. The van der Waals surface area contributed by atoms with E-state index in [0.29, 0.717) is 5.41 Å². The van der Waals surface area contributed by atoms with Gasteiger partial charge in [0.25, 0.3) is 0 Å². The number of rotatable bonds is 2. The Morgan fingerprint density at radius 1 is 1.04 bits per heavy atom. The normalized spacial score (nSPS) is 19.1. The van der Waals surface area contributed by atoms with Crippen molar-refractivity contribution < 1.29 is 0 Å². The van der Waals surface area contributed by atoms with Crippen molar-refractivity contribution in [3.8, 4) is 5.82 Å². The van der Waals surface area contributed by atoms with E-state index in [1.54, 1.807) is 0 Å². The Morgan fingerprint density at radius 2 is 1.85 bits per heavy atom. The number of thiophene rings is 1. The van der Waals surface area contributed by atoms with E-state index in [4.69, 9.17) is 5.10 Å². The van der Waals surface area contributed by atoms with Crippen LogP contribution >= 0.6 is 11.3 Å². The maximum absolute atomic E-state index is 4.78. The number of hydrogen-bond acceptors (Lipinski definition) is 6. The summed E-state index contributed by atoms with van der Waals surface area (Å²) >= 11 is 1.83. The molecule has 0 N–H and O–H groups in total. The summed E-state index contributed by atoms with van der Waals surface area (Å²) < 4.78 is 4.93. The van der Waals surface area contributed by atoms with E-state index in [1.807, 2.05) is 39.7 Å². The summed E-state index contributed by atoms with van der Waals surface area (Å²) in [5.74, 6) is 0.822. The van der Waals surface area contributed by atoms with E-state index in [0.717, 1.165) is 28.2 Å². The molecule has 6 heterocycles. The number of likely N-dealkylation sites (tertiary alicyclic amines) is 1. The van der Waals surface area contributed by atoms with Gasteiger partial charge in [0.15, 0.2) is 11.5 Å². The Kier molecular flexibility index (Phi) is 2.93. The van der Waals surface area contributed by atoms with Crippen LogP contribution in [-0.2, 0) is 0 Å². The van der Waals surface area contributed by atoms with Gasteiger partial charge in [0.1, 0.15) is 5.52 Å². The smallest absolute Gasteiger partial charge is 0.174 e. The second kappa shape index (κ2) is 5.08. The van der Waals surface area contributed by atoms with E-state index < -0.39 is 0 Å². The molecule has 8 heteroatoms. The molecule has 0 radical (unpaired) electrons. The first kappa shape index (κ1) is 15.6. The monoisotopic (exact) mass is 379 g/mol. The summed E-state index contributed by atoms with van der Waals surface area (Å²) in [7, 11) is 2.20. The van der Waals surface area contributed by atoms with Gasteiger partial charge in [-0.15, -0.1) is 16.4 Å². The highest BCUT2D eigenvalue weighted by Crippen LogP contribution is 2.44. The van der Waals surface area contributed by atoms with Crippen LogP contribution in [0.4, 0.5) is 5.00 Å². The number of imidazole rings is 1. The molecule has 138 valence electrons. The first-order chi connectivity index (χ1) is 13.0. The zero-order valence-corrected chi connectivity index (χ0v) is 16.5. The van der Waals surface area contributed by atoms with Crippen LogP contribution < -0.4 is 4.90 Å². The molecule has 6 rings (SSSR count). The van der Waals surface area contributed by atoms with Crippen LogP contribution in [-0.4, -0.2) is 62.5 Å². The van der Waals surface area contributed by atoms with Crippen LogP contribution in [0.1, 0.15) is 11.3 Å². The topological polar surface area (TPSA) is 54.5 Å². The highest BCUT2D eigenvalue weighted by atomic mass is 32.1. The second-order valence-electron chi connectivity index (χ2n) is 8.27. The van der Waals surface area contributed by atoms with Crippen LogP contribution in [0.2, 0.25) is 0 Å². The lowest BCUT2D eigenvalue weighted by molar-refractivity contribution is -0.00202. The minimum Gasteiger partial charge on any atom is -0.362 e. The standard InChI is InChI=1S/C19H21N7S/c1-12-4-16(22-26-6-13(2)20-18(12)26)25-7-15-14(21-25)5-17(27-15)24-10-19(11-24)8-23(3)9-19/h4-7H,8-11H2,1-3H3. The minimum atomic E-state index is 0.551. The molecular weight excluding hydrogens is 358 g/mol. The Morgan fingerprint density at radius 3 is 2.59 bits per heavy atom. The number of hydrogen-bond donors (Lipinski definition) is 0. The molecule has 1 spiro atoms. The average Bonchev–Trinajstić information content (AvgIpc) is 3.21. The lowest BCUT2D eigenvalue weighted by Crippen LogP contribution is -2.71. The van der Waals surface area contributed by atoms with Gasteiger partial charge in [0.05, 0.1) is 27.8 Å². The molecule has 2 fully saturated rings. The molecule has 0 unspecified atom stereocenters. The van der Waals surface area contributed by atoms with Crippen LogP contribution in [0.3, 0.4) is 0 Å². The summed E-state index contributed by atoms with van der Waals surface area (Å²) in [5.41, 5.74) is 4.57. The average molecular weight is 379 g/mol. The Bertz CT molecular complexity index is 1150. The largest absolute Gasteiger partial charge is 0.362 e. The molecule has 0 amide bonds. The molecule has 7 nitrogen and oxygen atoms in total. The fourth-order valence-electron chi connectivity index (χ4n) is 4.64. The maximum atomic E-state index is 4.78. The summed E-state index contributed by atoms with van der Waals surface area (Å²) in [6.45, 7) is 8.88. The second-order valence-corrected chi connectivity index (χ2v) is 9.33. The fraction of sp³-hybridized carbons (Fsp3) is 0.421. The Balaban J connectivity index is 1.30. The molecule has 4 aromatic heterocycles. The SMILES string of the molecule is Cc1cn2nc(-n3cc4sc(N5CC6(CN(C)C6)C5)cc4n3)cc(C)c2n1. The van der Waals surface area contributed by atoms with Gasteiger partial charge in [-0.3, -0.25) is 0 Å². The van der Waals surface area contributed by atoms with E-state index >= 15 is 0 Å². The summed E-state index contributed by atoms with van der Waals surface area (Å²) in [4.78, 5) is 9.42. The van der Waals surface area contributed by atoms with Gasteiger partial charge in [0, 0.05) is 37.7 Å². The summed E-state index contributed by atoms with van der Waals surface area (Å²) in [5, 5.41) is 10.8. The van der Waals surface area contributed by atoms with E-state index in [1.165, 1.54) is 35.9 Å². The van der Waals surface area contributed by atoms with Crippen LogP contribution in [0, 0.1) is 19.3 Å². The number of nitrogens with zero attached hydrogens (tertiary/aromatic N) is 7. The highest BCUT2D eigenvalue weighted by molar-refractivity contribution is 7.22. The Labute approximate surface area is 160 Å². The quantitative estimate of drug-likeness (QED) is 0.536. The number of aryl methyl sites for hydroxylation is 2. The van der Waals surface area contributed by atoms with Crippen molar-refractivity contribution in [1.82, 2.24) is 29.3 Å². The van der Waals surface area contributed by atoms with Gasteiger partial charge >= 0.3 is 0 Å². The molecule has 2 saturated heterocycles. The van der Waals surface area contributed by atoms with Gasteiger partial charge in [-0.1, -0.05) is 0 Å². The lowest BCUT2D eigenvalue weighted by Gasteiger charge is -2.60. The number of fused-ring (bicyclic) bond motifs is 2. The molecule has 4 aromatic rings. The maximum Gasteiger partial charge on any atom is 0.174 e. The molecule has 0 aliphatic carbocycles. The van der Waals surface area contributed by atoms with Crippen molar-refractivity contribution >= 4 is 32.2 Å². The van der Waals surface area contributed by atoms with Crippen molar-refractivity contribution in [3.63, 3.8) is 0 Å². The van der Waals surface area contributed by atoms with Crippen LogP contribution in [0.25, 0.3) is 21.7 Å². The summed E-state index contributed by atoms with van der Waals surface area (Å²) in [6, 6.07) is 4.27. The predicted molar refractivity (Wildman–Crippen MR) is 107 cm³/mol. The van der Waals surface area contributed by atoms with Crippen LogP contribution in [0.15, 0.2) is 24.5 Å². The number of aromatic nitrogens is 5. The van der Waals surface area contributed by atoms with Crippen molar-refractivity contribution in [1.29, 1.82) is 0 Å². The van der Waals surface area contributed by atoms with Gasteiger partial charge in [-0.2, -0.15) is 5.10 Å². The zero-order chi connectivity index (χ0) is 18.3. The van der Waals surface area contributed by atoms with Gasteiger partial charge in [-0.05, 0) is 32.5 Å². The highest BCUT2D eigenvalue weighted by Gasteiger charge is 2.50. The van der Waals surface area contributed by atoms with Crippen LogP contribution in [0.5, 0.6) is 0 Å². The number of anilines is 1. The van der Waals surface area contributed by atoms with Crippen molar-refractivity contribution in [2.75, 3.05) is 38.1 Å². The lowest BCUT2D eigenvalue weighted by atomic mass is 9.73.